The quantitative estimate of drug-likeness (QED) is 0.646. The number of nitrogens with one attached hydrogen (secondary N) is 2. The maximum absolute atomic E-state index is 12.8. The molecule has 0 spiro atoms. The van der Waals surface area contributed by atoms with Crippen LogP contribution in [0.2, 0.25) is 0 Å². The molecule has 134 valence electrons. The first-order chi connectivity index (χ1) is 12.4. The summed E-state index contributed by atoms with van der Waals surface area (Å²) in [5.41, 5.74) is 2.54. The first kappa shape index (κ1) is 16.5. The molecule has 0 unspecified atom stereocenters. The van der Waals surface area contributed by atoms with E-state index in [4.69, 9.17) is 0 Å². The minimum absolute atomic E-state index is 0.132. The number of urea groups is 1. The molecule has 0 atom stereocenters. The standard InChI is InChI=1S/C19H16F3N3O/c20-19(21,22)12-4-3-5-13(10-12)23-18(26)25-9-8-15-14-6-1-2-7-16(14)24-17(15)11-25/h1-7,10,24H,8-9,11H2,(H,23,26). The van der Waals surface area contributed by atoms with Crippen LogP contribution in [0.3, 0.4) is 0 Å². The second kappa shape index (κ2) is 6.09. The predicted molar refractivity (Wildman–Crippen MR) is 92.9 cm³/mol. The summed E-state index contributed by atoms with van der Waals surface area (Å²) in [5.74, 6) is 0. The number of aromatic nitrogens is 1. The van der Waals surface area contributed by atoms with Gasteiger partial charge >= 0.3 is 12.2 Å². The molecule has 0 fully saturated rings. The van der Waals surface area contributed by atoms with Gasteiger partial charge < -0.3 is 15.2 Å². The largest absolute Gasteiger partial charge is 0.416 e. The highest BCUT2D eigenvalue weighted by atomic mass is 19.4. The van der Waals surface area contributed by atoms with Gasteiger partial charge in [-0.2, -0.15) is 13.2 Å². The van der Waals surface area contributed by atoms with Gasteiger partial charge in [-0.1, -0.05) is 24.3 Å². The molecule has 1 aromatic heterocycles. The van der Waals surface area contributed by atoms with Gasteiger partial charge in [-0.05, 0) is 36.2 Å². The topological polar surface area (TPSA) is 48.1 Å². The highest BCUT2D eigenvalue weighted by Gasteiger charge is 2.31. The zero-order valence-electron chi connectivity index (χ0n) is 13.7. The van der Waals surface area contributed by atoms with E-state index in [1.807, 2.05) is 24.3 Å². The van der Waals surface area contributed by atoms with Crippen molar-refractivity contribution in [3.63, 3.8) is 0 Å². The maximum Gasteiger partial charge on any atom is 0.416 e. The van der Waals surface area contributed by atoms with Crippen molar-refractivity contribution in [2.75, 3.05) is 11.9 Å². The van der Waals surface area contributed by atoms with Gasteiger partial charge in [0.25, 0.3) is 0 Å². The Hall–Kier alpha value is -2.96. The summed E-state index contributed by atoms with van der Waals surface area (Å²) >= 11 is 0. The number of benzene rings is 2. The fraction of sp³-hybridized carbons (Fsp3) is 0.211. The molecule has 0 saturated heterocycles. The van der Waals surface area contributed by atoms with Gasteiger partial charge in [0.1, 0.15) is 0 Å². The lowest BCUT2D eigenvalue weighted by Gasteiger charge is -2.27. The van der Waals surface area contributed by atoms with Gasteiger partial charge in [0.15, 0.2) is 0 Å². The summed E-state index contributed by atoms with van der Waals surface area (Å²) in [7, 11) is 0. The molecule has 26 heavy (non-hydrogen) atoms. The number of rotatable bonds is 1. The molecule has 3 aromatic rings. The zero-order valence-corrected chi connectivity index (χ0v) is 13.7. The summed E-state index contributed by atoms with van der Waals surface area (Å²) in [6, 6.07) is 12.2. The molecule has 4 rings (SSSR count). The Bertz CT molecular complexity index is 978. The van der Waals surface area contributed by atoms with Crippen LogP contribution in [0.4, 0.5) is 23.7 Å². The third-order valence-corrected chi connectivity index (χ3v) is 4.61. The van der Waals surface area contributed by atoms with Crippen LogP contribution in [0.1, 0.15) is 16.8 Å². The lowest BCUT2D eigenvalue weighted by atomic mass is 10.0. The van der Waals surface area contributed by atoms with Gasteiger partial charge in [0, 0.05) is 28.8 Å². The van der Waals surface area contributed by atoms with E-state index in [1.54, 1.807) is 4.90 Å². The number of anilines is 1. The molecule has 0 bridgehead atoms. The second-order valence-electron chi connectivity index (χ2n) is 6.31. The predicted octanol–water partition coefficient (Wildman–Crippen LogP) is 4.78. The number of H-pyrrole nitrogens is 1. The number of nitrogens with zero attached hydrogens (tertiary/aromatic N) is 1. The molecule has 0 aliphatic carbocycles. The number of carbonyl (C=O) groups is 1. The van der Waals surface area contributed by atoms with E-state index in [-0.39, 0.29) is 5.69 Å². The minimum Gasteiger partial charge on any atom is -0.357 e. The number of hydrogen-bond donors (Lipinski definition) is 2. The van der Waals surface area contributed by atoms with Crippen molar-refractivity contribution in [1.29, 1.82) is 0 Å². The van der Waals surface area contributed by atoms with Crippen LogP contribution in [0, 0.1) is 0 Å². The van der Waals surface area contributed by atoms with Crippen LogP contribution in [-0.4, -0.2) is 22.5 Å². The highest BCUT2D eigenvalue weighted by Crippen LogP contribution is 2.31. The highest BCUT2D eigenvalue weighted by molar-refractivity contribution is 5.90. The molecule has 2 N–H and O–H groups in total. The number of carbonyl (C=O) groups excluding carboxylic acids is 1. The van der Waals surface area contributed by atoms with Crippen molar-refractivity contribution in [3.8, 4) is 0 Å². The van der Waals surface area contributed by atoms with Gasteiger partial charge in [-0.3, -0.25) is 0 Å². The Labute approximate surface area is 147 Å². The fourth-order valence-electron chi connectivity index (χ4n) is 3.34. The molecule has 0 radical (unpaired) electrons. The maximum atomic E-state index is 12.8. The molecular formula is C19H16F3N3O. The normalized spacial score (nSPS) is 14.3. The van der Waals surface area contributed by atoms with Crippen LogP contribution < -0.4 is 5.32 Å². The Morgan fingerprint density at radius 2 is 1.92 bits per heavy atom. The van der Waals surface area contributed by atoms with Crippen molar-refractivity contribution in [3.05, 3.63) is 65.4 Å². The van der Waals surface area contributed by atoms with Crippen molar-refractivity contribution < 1.29 is 18.0 Å². The van der Waals surface area contributed by atoms with Gasteiger partial charge in [-0.25, -0.2) is 4.79 Å². The number of aromatic amines is 1. The molecule has 7 heteroatoms. The summed E-state index contributed by atoms with van der Waals surface area (Å²) in [6.45, 7) is 0.911. The van der Waals surface area contributed by atoms with E-state index >= 15 is 0 Å². The lowest BCUT2D eigenvalue weighted by molar-refractivity contribution is -0.137. The molecule has 2 heterocycles. The Morgan fingerprint density at radius 3 is 2.73 bits per heavy atom. The van der Waals surface area contributed by atoms with Crippen molar-refractivity contribution in [2.24, 2.45) is 0 Å². The molecule has 4 nitrogen and oxygen atoms in total. The van der Waals surface area contributed by atoms with E-state index in [0.717, 1.165) is 28.7 Å². The Kier molecular flexibility index (Phi) is 3.86. The Morgan fingerprint density at radius 1 is 1.12 bits per heavy atom. The molecule has 0 saturated carbocycles. The number of alkyl halides is 3. The summed E-state index contributed by atoms with van der Waals surface area (Å²) in [4.78, 5) is 17.4. The number of hydrogen-bond acceptors (Lipinski definition) is 1. The van der Waals surface area contributed by atoms with Crippen LogP contribution in [-0.2, 0) is 19.1 Å². The van der Waals surface area contributed by atoms with Crippen molar-refractivity contribution >= 4 is 22.6 Å². The molecule has 2 aromatic carbocycles. The Balaban J connectivity index is 1.51. The second-order valence-corrected chi connectivity index (χ2v) is 6.31. The summed E-state index contributed by atoms with van der Waals surface area (Å²) in [6.07, 6.45) is -3.74. The van der Waals surface area contributed by atoms with E-state index in [9.17, 15) is 18.0 Å². The van der Waals surface area contributed by atoms with Crippen LogP contribution >= 0.6 is 0 Å². The van der Waals surface area contributed by atoms with Crippen LogP contribution in [0.25, 0.3) is 10.9 Å². The average molecular weight is 359 g/mol. The average Bonchev–Trinajstić information content (AvgIpc) is 2.99. The first-order valence-electron chi connectivity index (χ1n) is 8.23. The van der Waals surface area contributed by atoms with E-state index < -0.39 is 17.8 Å². The SMILES string of the molecule is O=C(Nc1cccc(C(F)(F)F)c1)N1CCc2c([nH]c3ccccc23)C1. The number of amides is 2. The molecule has 2 amide bonds. The van der Waals surface area contributed by atoms with Crippen molar-refractivity contribution in [1.82, 2.24) is 9.88 Å². The molecular weight excluding hydrogens is 343 g/mol. The van der Waals surface area contributed by atoms with Gasteiger partial charge in [0.05, 0.1) is 12.1 Å². The van der Waals surface area contributed by atoms with E-state index in [1.165, 1.54) is 17.7 Å². The van der Waals surface area contributed by atoms with E-state index in [0.29, 0.717) is 19.5 Å². The minimum atomic E-state index is -4.44. The number of fused-ring (bicyclic) bond motifs is 3. The first-order valence-corrected chi connectivity index (χ1v) is 8.23. The smallest absolute Gasteiger partial charge is 0.357 e. The summed E-state index contributed by atoms with van der Waals surface area (Å²) < 4.78 is 38.4. The zero-order chi connectivity index (χ0) is 18.3. The molecule has 1 aliphatic rings. The van der Waals surface area contributed by atoms with E-state index in [2.05, 4.69) is 10.3 Å². The number of halogens is 3. The summed E-state index contributed by atoms with van der Waals surface area (Å²) in [5, 5.41) is 3.71. The van der Waals surface area contributed by atoms with Crippen LogP contribution in [0.15, 0.2) is 48.5 Å². The third kappa shape index (κ3) is 3.00. The third-order valence-electron chi connectivity index (χ3n) is 4.61. The lowest BCUT2D eigenvalue weighted by Crippen LogP contribution is -2.38. The number of para-hydroxylation sites is 1. The van der Waals surface area contributed by atoms with Crippen LogP contribution in [0.5, 0.6) is 0 Å². The van der Waals surface area contributed by atoms with Gasteiger partial charge in [-0.15, -0.1) is 0 Å². The molecule has 1 aliphatic heterocycles. The fourth-order valence-corrected chi connectivity index (χ4v) is 3.34. The van der Waals surface area contributed by atoms with Crippen molar-refractivity contribution in [2.45, 2.75) is 19.1 Å². The van der Waals surface area contributed by atoms with Gasteiger partial charge in [0.2, 0.25) is 0 Å². The monoisotopic (exact) mass is 359 g/mol.